The molecule has 0 spiro atoms. The SMILES string of the molecule is COCc1nnc(CNC(C)(C)C)s1. The largest absolute Gasteiger partial charge is 0.377 e. The lowest BCUT2D eigenvalue weighted by molar-refractivity contribution is 0.184. The van der Waals surface area contributed by atoms with Crippen LogP contribution in [0.5, 0.6) is 0 Å². The van der Waals surface area contributed by atoms with Crippen LogP contribution in [-0.4, -0.2) is 22.8 Å². The van der Waals surface area contributed by atoms with E-state index < -0.39 is 0 Å². The Labute approximate surface area is 88.7 Å². The van der Waals surface area contributed by atoms with Crippen molar-refractivity contribution in [2.45, 2.75) is 39.5 Å². The number of nitrogens with one attached hydrogen (secondary N) is 1. The van der Waals surface area contributed by atoms with Crippen molar-refractivity contribution in [3.05, 3.63) is 10.0 Å². The average molecular weight is 215 g/mol. The summed E-state index contributed by atoms with van der Waals surface area (Å²) in [7, 11) is 1.66. The second-order valence-corrected chi connectivity index (χ2v) is 5.27. The summed E-state index contributed by atoms with van der Waals surface area (Å²) in [4.78, 5) is 0. The summed E-state index contributed by atoms with van der Waals surface area (Å²) in [6, 6.07) is 0. The van der Waals surface area contributed by atoms with E-state index in [1.165, 1.54) is 0 Å². The smallest absolute Gasteiger partial charge is 0.143 e. The standard InChI is InChI=1S/C9H17N3OS/c1-9(2,3)10-5-7-11-12-8(14-7)6-13-4/h10H,5-6H2,1-4H3. The minimum absolute atomic E-state index is 0.118. The minimum Gasteiger partial charge on any atom is -0.377 e. The molecule has 0 aromatic carbocycles. The number of rotatable bonds is 4. The molecule has 0 unspecified atom stereocenters. The van der Waals surface area contributed by atoms with Crippen LogP contribution in [0.25, 0.3) is 0 Å². The molecule has 0 aliphatic carbocycles. The van der Waals surface area contributed by atoms with Crippen LogP contribution in [-0.2, 0) is 17.9 Å². The lowest BCUT2D eigenvalue weighted by atomic mass is 10.1. The fourth-order valence-corrected chi connectivity index (χ4v) is 1.64. The van der Waals surface area contributed by atoms with Crippen LogP contribution in [0.2, 0.25) is 0 Å². The van der Waals surface area contributed by atoms with Crippen LogP contribution in [0.1, 0.15) is 30.8 Å². The molecule has 1 heterocycles. The van der Waals surface area contributed by atoms with E-state index in [1.54, 1.807) is 18.4 Å². The highest BCUT2D eigenvalue weighted by Gasteiger charge is 2.10. The Morgan fingerprint density at radius 1 is 1.29 bits per heavy atom. The van der Waals surface area contributed by atoms with Crippen molar-refractivity contribution in [3.8, 4) is 0 Å². The molecular formula is C9H17N3OS. The molecule has 80 valence electrons. The topological polar surface area (TPSA) is 47.0 Å². The Morgan fingerprint density at radius 3 is 2.50 bits per heavy atom. The van der Waals surface area contributed by atoms with Gasteiger partial charge in [-0.05, 0) is 20.8 Å². The zero-order valence-corrected chi connectivity index (χ0v) is 9.94. The first-order valence-electron chi connectivity index (χ1n) is 4.56. The van der Waals surface area contributed by atoms with Crippen molar-refractivity contribution in [2.75, 3.05) is 7.11 Å². The van der Waals surface area contributed by atoms with Crippen molar-refractivity contribution in [2.24, 2.45) is 0 Å². The number of methoxy groups -OCH3 is 1. The molecular weight excluding hydrogens is 198 g/mol. The van der Waals surface area contributed by atoms with Crippen LogP contribution in [0.4, 0.5) is 0 Å². The van der Waals surface area contributed by atoms with Crippen molar-refractivity contribution in [1.82, 2.24) is 15.5 Å². The first kappa shape index (κ1) is 11.6. The molecule has 0 saturated carbocycles. The predicted molar refractivity (Wildman–Crippen MR) is 57.2 cm³/mol. The summed E-state index contributed by atoms with van der Waals surface area (Å²) in [6.45, 7) is 7.70. The van der Waals surface area contributed by atoms with Crippen LogP contribution in [0.3, 0.4) is 0 Å². The van der Waals surface area contributed by atoms with E-state index in [0.29, 0.717) is 6.61 Å². The van der Waals surface area contributed by atoms with Gasteiger partial charge in [0.25, 0.3) is 0 Å². The van der Waals surface area contributed by atoms with Gasteiger partial charge in [-0.15, -0.1) is 10.2 Å². The quantitative estimate of drug-likeness (QED) is 0.828. The molecule has 0 bridgehead atoms. The second kappa shape index (κ2) is 4.82. The van der Waals surface area contributed by atoms with Gasteiger partial charge in [-0.3, -0.25) is 0 Å². The molecule has 4 nitrogen and oxygen atoms in total. The van der Waals surface area contributed by atoms with Crippen LogP contribution in [0, 0.1) is 0 Å². The Hall–Kier alpha value is -0.520. The van der Waals surface area contributed by atoms with Gasteiger partial charge in [-0.2, -0.15) is 0 Å². The molecule has 0 aliphatic rings. The van der Waals surface area contributed by atoms with E-state index in [1.807, 2.05) is 0 Å². The summed E-state index contributed by atoms with van der Waals surface area (Å²) in [6.07, 6.45) is 0. The number of ether oxygens (including phenoxy) is 1. The predicted octanol–water partition coefficient (Wildman–Crippen LogP) is 1.57. The number of nitrogens with zero attached hydrogens (tertiary/aromatic N) is 2. The van der Waals surface area contributed by atoms with Crippen molar-refractivity contribution >= 4 is 11.3 Å². The lowest BCUT2D eigenvalue weighted by Crippen LogP contribution is -2.35. The third kappa shape index (κ3) is 4.13. The Morgan fingerprint density at radius 2 is 1.93 bits per heavy atom. The third-order valence-corrected chi connectivity index (χ3v) is 2.44. The highest BCUT2D eigenvalue weighted by Crippen LogP contribution is 2.11. The van der Waals surface area contributed by atoms with Gasteiger partial charge in [0, 0.05) is 12.6 Å². The zero-order chi connectivity index (χ0) is 10.6. The third-order valence-electron chi connectivity index (χ3n) is 1.55. The van der Waals surface area contributed by atoms with Crippen LogP contribution in [0.15, 0.2) is 0 Å². The highest BCUT2D eigenvalue weighted by molar-refractivity contribution is 7.11. The van der Waals surface area contributed by atoms with E-state index >= 15 is 0 Å². The Kier molecular flexibility index (Phi) is 3.97. The van der Waals surface area contributed by atoms with Crippen molar-refractivity contribution in [3.63, 3.8) is 0 Å². The molecule has 1 aromatic rings. The van der Waals surface area contributed by atoms with Crippen molar-refractivity contribution in [1.29, 1.82) is 0 Å². The van der Waals surface area contributed by atoms with Gasteiger partial charge in [0.15, 0.2) is 0 Å². The van der Waals surface area contributed by atoms with Gasteiger partial charge in [0.05, 0.1) is 13.2 Å². The summed E-state index contributed by atoms with van der Waals surface area (Å²) in [5.74, 6) is 0. The van der Waals surface area contributed by atoms with Gasteiger partial charge in [-0.25, -0.2) is 0 Å². The molecule has 0 amide bonds. The zero-order valence-electron chi connectivity index (χ0n) is 9.13. The molecule has 0 radical (unpaired) electrons. The minimum atomic E-state index is 0.118. The van der Waals surface area contributed by atoms with Crippen LogP contribution >= 0.6 is 11.3 Å². The molecule has 0 aliphatic heterocycles. The lowest BCUT2D eigenvalue weighted by Gasteiger charge is -2.19. The molecule has 1 N–H and O–H groups in total. The van der Waals surface area contributed by atoms with Gasteiger partial charge in [-0.1, -0.05) is 11.3 Å². The van der Waals surface area contributed by atoms with Gasteiger partial charge in [0.2, 0.25) is 0 Å². The fourth-order valence-electron chi connectivity index (χ4n) is 0.882. The number of hydrogen-bond acceptors (Lipinski definition) is 5. The molecule has 0 fully saturated rings. The molecule has 1 aromatic heterocycles. The van der Waals surface area contributed by atoms with Crippen LogP contribution < -0.4 is 5.32 Å². The summed E-state index contributed by atoms with van der Waals surface area (Å²) < 4.78 is 4.97. The van der Waals surface area contributed by atoms with E-state index in [-0.39, 0.29) is 5.54 Å². The molecule has 0 saturated heterocycles. The van der Waals surface area contributed by atoms with E-state index in [9.17, 15) is 0 Å². The van der Waals surface area contributed by atoms with Crippen molar-refractivity contribution < 1.29 is 4.74 Å². The van der Waals surface area contributed by atoms with Gasteiger partial charge >= 0.3 is 0 Å². The Balaban J connectivity index is 2.44. The molecule has 0 atom stereocenters. The molecule has 14 heavy (non-hydrogen) atoms. The normalized spacial score (nSPS) is 12.0. The molecule has 5 heteroatoms. The maximum Gasteiger partial charge on any atom is 0.143 e. The summed E-state index contributed by atoms with van der Waals surface area (Å²) in [5, 5.41) is 13.4. The highest BCUT2D eigenvalue weighted by atomic mass is 32.1. The number of hydrogen-bond donors (Lipinski definition) is 1. The average Bonchev–Trinajstić information content (AvgIpc) is 2.49. The monoisotopic (exact) mass is 215 g/mol. The first-order chi connectivity index (χ1) is 6.51. The summed E-state index contributed by atoms with van der Waals surface area (Å²) in [5.41, 5.74) is 0.118. The maximum atomic E-state index is 4.97. The number of aromatic nitrogens is 2. The fraction of sp³-hybridized carbons (Fsp3) is 0.778. The molecule has 1 rings (SSSR count). The van der Waals surface area contributed by atoms with E-state index in [4.69, 9.17) is 4.74 Å². The van der Waals surface area contributed by atoms with E-state index in [2.05, 4.69) is 36.3 Å². The van der Waals surface area contributed by atoms with Gasteiger partial charge in [0.1, 0.15) is 10.0 Å². The summed E-state index contributed by atoms with van der Waals surface area (Å²) >= 11 is 1.59. The maximum absolute atomic E-state index is 4.97. The van der Waals surface area contributed by atoms with Gasteiger partial charge < -0.3 is 10.1 Å². The second-order valence-electron chi connectivity index (χ2n) is 4.13. The van der Waals surface area contributed by atoms with E-state index in [0.717, 1.165) is 16.6 Å². The first-order valence-corrected chi connectivity index (χ1v) is 5.38. The Bertz CT molecular complexity index is 280.